The molecule has 1 N–H and O–H groups in total. The third-order valence-electron chi connectivity index (χ3n) is 2.24. The lowest BCUT2D eigenvalue weighted by Gasteiger charge is -2.05. The van der Waals surface area contributed by atoms with Crippen molar-refractivity contribution in [2.24, 2.45) is 0 Å². The Balaban J connectivity index is 2.77. The summed E-state index contributed by atoms with van der Waals surface area (Å²) in [6.45, 7) is 1.85. The highest BCUT2D eigenvalue weighted by atomic mass is 16.5. The summed E-state index contributed by atoms with van der Waals surface area (Å²) in [5, 5.41) is 9.88. The molecule has 0 saturated heterocycles. The smallest absolute Gasteiger partial charge is 0.339 e. The summed E-state index contributed by atoms with van der Waals surface area (Å²) in [5.41, 5.74) is -0.497. The third-order valence-corrected chi connectivity index (χ3v) is 2.24. The predicted octanol–water partition coefficient (Wildman–Crippen LogP) is 1.68. The lowest BCUT2D eigenvalue weighted by Crippen LogP contribution is -2.10. The third kappa shape index (κ3) is 1.99. The van der Waals surface area contributed by atoms with Crippen molar-refractivity contribution >= 4 is 16.9 Å². The maximum Gasteiger partial charge on any atom is 0.339 e. The number of carbonyl (C=O) groups excluding carboxylic acids is 1. The van der Waals surface area contributed by atoms with E-state index in [0.717, 1.165) is 6.07 Å². The van der Waals surface area contributed by atoms with Gasteiger partial charge in [-0.25, -0.2) is 9.59 Å². The summed E-state index contributed by atoms with van der Waals surface area (Å²) in [6.07, 6.45) is 0. The first-order valence-electron chi connectivity index (χ1n) is 5.06. The van der Waals surface area contributed by atoms with Gasteiger partial charge < -0.3 is 14.3 Å². The van der Waals surface area contributed by atoms with E-state index >= 15 is 0 Å². The van der Waals surface area contributed by atoms with E-state index in [1.54, 1.807) is 6.92 Å². The molecule has 0 aliphatic heterocycles. The predicted molar refractivity (Wildman–Crippen MR) is 60.1 cm³/mol. The standard InChI is InChI=1S/C12H10O5/c1-2-16-12(15)7-6-10(14)17-9-5-3-4-8(13)11(7)9/h3-6,13H,2H2,1H3. The van der Waals surface area contributed by atoms with Crippen molar-refractivity contribution < 1.29 is 19.1 Å². The van der Waals surface area contributed by atoms with Crippen molar-refractivity contribution in [3.63, 3.8) is 0 Å². The van der Waals surface area contributed by atoms with E-state index in [1.165, 1.54) is 18.2 Å². The van der Waals surface area contributed by atoms with Crippen LogP contribution in [0.15, 0.2) is 33.5 Å². The van der Waals surface area contributed by atoms with Gasteiger partial charge in [0.15, 0.2) is 0 Å². The van der Waals surface area contributed by atoms with E-state index in [9.17, 15) is 14.7 Å². The van der Waals surface area contributed by atoms with Crippen LogP contribution < -0.4 is 5.63 Å². The normalized spacial score (nSPS) is 10.4. The number of hydrogen-bond donors (Lipinski definition) is 1. The number of phenolic OH excluding ortho intramolecular Hbond substituents is 1. The Morgan fingerprint density at radius 3 is 2.94 bits per heavy atom. The van der Waals surface area contributed by atoms with E-state index in [1.807, 2.05) is 0 Å². The number of hydrogen-bond acceptors (Lipinski definition) is 5. The van der Waals surface area contributed by atoms with E-state index in [4.69, 9.17) is 9.15 Å². The molecule has 2 rings (SSSR count). The fourth-order valence-electron chi connectivity index (χ4n) is 1.57. The highest BCUT2D eigenvalue weighted by Crippen LogP contribution is 2.26. The van der Waals surface area contributed by atoms with Gasteiger partial charge in [0.2, 0.25) is 0 Å². The Hall–Kier alpha value is -2.30. The van der Waals surface area contributed by atoms with Gasteiger partial charge in [-0.05, 0) is 19.1 Å². The summed E-state index contributed by atoms with van der Waals surface area (Å²) in [4.78, 5) is 22.9. The number of rotatable bonds is 2. The van der Waals surface area contributed by atoms with Crippen molar-refractivity contribution in [3.8, 4) is 5.75 Å². The van der Waals surface area contributed by atoms with Gasteiger partial charge in [-0.2, -0.15) is 0 Å². The van der Waals surface area contributed by atoms with Crippen LogP contribution in [0.5, 0.6) is 5.75 Å². The molecule has 5 heteroatoms. The summed E-state index contributed by atoms with van der Waals surface area (Å²) in [6, 6.07) is 5.44. The second-order valence-electron chi connectivity index (χ2n) is 3.35. The zero-order valence-corrected chi connectivity index (χ0v) is 9.10. The molecule has 1 heterocycles. The Morgan fingerprint density at radius 2 is 2.24 bits per heavy atom. The molecule has 0 atom stereocenters. The number of carbonyl (C=O) groups is 1. The maximum absolute atomic E-state index is 11.6. The van der Waals surface area contributed by atoms with Crippen LogP contribution >= 0.6 is 0 Å². The van der Waals surface area contributed by atoms with Crippen molar-refractivity contribution in [1.82, 2.24) is 0 Å². The Bertz CT molecular complexity index is 626. The van der Waals surface area contributed by atoms with Crippen LogP contribution in [0, 0.1) is 0 Å². The summed E-state index contributed by atoms with van der Waals surface area (Å²) >= 11 is 0. The molecule has 0 fully saturated rings. The molecule has 1 aromatic carbocycles. The molecule has 17 heavy (non-hydrogen) atoms. The van der Waals surface area contributed by atoms with Crippen LogP contribution in [0.4, 0.5) is 0 Å². The van der Waals surface area contributed by atoms with Gasteiger partial charge >= 0.3 is 11.6 Å². The maximum atomic E-state index is 11.6. The number of benzene rings is 1. The molecule has 0 radical (unpaired) electrons. The molecule has 0 aliphatic carbocycles. The molecule has 0 unspecified atom stereocenters. The van der Waals surface area contributed by atoms with Gasteiger partial charge in [0.05, 0.1) is 17.6 Å². The van der Waals surface area contributed by atoms with E-state index < -0.39 is 11.6 Å². The molecule has 88 valence electrons. The summed E-state index contributed by atoms with van der Waals surface area (Å²) in [7, 11) is 0. The molecule has 0 spiro atoms. The lowest BCUT2D eigenvalue weighted by molar-refractivity contribution is 0.0527. The van der Waals surface area contributed by atoms with Gasteiger partial charge in [-0.15, -0.1) is 0 Å². The quantitative estimate of drug-likeness (QED) is 0.631. The first kappa shape index (κ1) is 11.2. The first-order valence-corrected chi connectivity index (χ1v) is 5.06. The van der Waals surface area contributed by atoms with Crippen LogP contribution in [-0.2, 0) is 4.74 Å². The topological polar surface area (TPSA) is 76.7 Å². The van der Waals surface area contributed by atoms with Crippen molar-refractivity contribution in [1.29, 1.82) is 0 Å². The average molecular weight is 234 g/mol. The zero-order chi connectivity index (χ0) is 12.4. The number of ether oxygens (including phenoxy) is 1. The number of esters is 1. The van der Waals surface area contributed by atoms with Crippen LogP contribution in [0.25, 0.3) is 11.0 Å². The van der Waals surface area contributed by atoms with Gasteiger partial charge in [0, 0.05) is 6.07 Å². The van der Waals surface area contributed by atoms with Gasteiger partial charge in [0.1, 0.15) is 11.3 Å². The van der Waals surface area contributed by atoms with Gasteiger partial charge in [-0.3, -0.25) is 0 Å². The number of phenols is 1. The Morgan fingerprint density at radius 1 is 1.47 bits per heavy atom. The average Bonchev–Trinajstić information content (AvgIpc) is 2.28. The van der Waals surface area contributed by atoms with Gasteiger partial charge in [-0.1, -0.05) is 6.07 Å². The van der Waals surface area contributed by atoms with Crippen LogP contribution in [0.1, 0.15) is 17.3 Å². The molecular weight excluding hydrogens is 224 g/mol. The largest absolute Gasteiger partial charge is 0.507 e. The Labute approximate surface area is 96.2 Å². The Kier molecular flexibility index (Phi) is 2.82. The minimum absolute atomic E-state index is 0.0104. The zero-order valence-electron chi connectivity index (χ0n) is 9.10. The molecule has 1 aromatic heterocycles. The highest BCUT2D eigenvalue weighted by Gasteiger charge is 2.16. The fourth-order valence-corrected chi connectivity index (χ4v) is 1.57. The molecular formula is C12H10O5. The number of fused-ring (bicyclic) bond motifs is 1. The summed E-state index contributed by atoms with van der Waals surface area (Å²) in [5.74, 6) is -0.791. The SMILES string of the molecule is CCOC(=O)c1cc(=O)oc2cccc(O)c12. The fraction of sp³-hybridized carbons (Fsp3) is 0.167. The molecule has 0 saturated carbocycles. The molecule has 2 aromatic rings. The van der Waals surface area contributed by atoms with E-state index in [2.05, 4.69) is 0 Å². The monoisotopic (exact) mass is 234 g/mol. The van der Waals surface area contributed by atoms with E-state index in [0.29, 0.717) is 0 Å². The van der Waals surface area contributed by atoms with Crippen LogP contribution in [-0.4, -0.2) is 17.7 Å². The molecule has 0 bridgehead atoms. The van der Waals surface area contributed by atoms with Crippen molar-refractivity contribution in [2.45, 2.75) is 6.92 Å². The minimum Gasteiger partial charge on any atom is -0.507 e. The minimum atomic E-state index is -0.661. The van der Waals surface area contributed by atoms with Crippen molar-refractivity contribution in [3.05, 3.63) is 40.2 Å². The second kappa shape index (κ2) is 4.29. The first-order chi connectivity index (χ1) is 8.13. The lowest BCUT2D eigenvalue weighted by atomic mass is 10.1. The molecule has 0 amide bonds. The van der Waals surface area contributed by atoms with E-state index in [-0.39, 0.29) is 28.9 Å². The van der Waals surface area contributed by atoms with Crippen LogP contribution in [0.2, 0.25) is 0 Å². The van der Waals surface area contributed by atoms with Crippen molar-refractivity contribution in [2.75, 3.05) is 6.61 Å². The van der Waals surface area contributed by atoms with Gasteiger partial charge in [0.25, 0.3) is 0 Å². The number of aromatic hydroxyl groups is 1. The summed E-state index contributed by atoms with van der Waals surface area (Å²) < 4.78 is 9.70. The second-order valence-corrected chi connectivity index (χ2v) is 3.35. The molecule has 0 aliphatic rings. The molecule has 5 nitrogen and oxygen atoms in total. The van der Waals surface area contributed by atoms with Crippen LogP contribution in [0.3, 0.4) is 0 Å². The highest BCUT2D eigenvalue weighted by molar-refractivity contribution is 6.05.